The third kappa shape index (κ3) is 2.46. The lowest BCUT2D eigenvalue weighted by Crippen LogP contribution is -2.02. The number of hydrogen-bond acceptors (Lipinski definition) is 3. The van der Waals surface area contributed by atoms with Crippen LogP contribution in [-0.2, 0) is 6.54 Å². The molecule has 0 aliphatic heterocycles. The standard InChI is InChI=1S/C13H15FN2O/c1-8-11(14)5-4-6-12(8)15-7-13-16-9(2)10(3)17-13/h4-6,15H,7H2,1-3H3. The van der Waals surface area contributed by atoms with Gasteiger partial charge in [0.1, 0.15) is 11.6 Å². The first-order valence-corrected chi connectivity index (χ1v) is 5.50. The molecule has 90 valence electrons. The molecule has 17 heavy (non-hydrogen) atoms. The Bertz CT molecular complexity index is 515. The van der Waals surface area contributed by atoms with Gasteiger partial charge in [0.05, 0.1) is 12.2 Å². The van der Waals surface area contributed by atoms with Gasteiger partial charge in [0, 0.05) is 11.3 Å². The van der Waals surface area contributed by atoms with Gasteiger partial charge < -0.3 is 9.73 Å². The molecule has 0 unspecified atom stereocenters. The van der Waals surface area contributed by atoms with Crippen LogP contribution in [-0.4, -0.2) is 4.98 Å². The third-order valence-electron chi connectivity index (χ3n) is 2.77. The number of nitrogens with one attached hydrogen (secondary N) is 1. The van der Waals surface area contributed by atoms with E-state index < -0.39 is 0 Å². The van der Waals surface area contributed by atoms with Crippen LogP contribution in [0.15, 0.2) is 22.6 Å². The minimum atomic E-state index is -0.213. The first kappa shape index (κ1) is 11.6. The molecule has 1 aromatic heterocycles. The lowest BCUT2D eigenvalue weighted by atomic mass is 10.2. The first-order valence-electron chi connectivity index (χ1n) is 5.50. The van der Waals surface area contributed by atoms with Gasteiger partial charge in [-0.3, -0.25) is 0 Å². The van der Waals surface area contributed by atoms with E-state index in [1.807, 2.05) is 19.9 Å². The third-order valence-corrected chi connectivity index (χ3v) is 2.77. The Balaban J connectivity index is 2.10. The maximum absolute atomic E-state index is 13.3. The van der Waals surface area contributed by atoms with Crippen LogP contribution in [0, 0.1) is 26.6 Å². The maximum Gasteiger partial charge on any atom is 0.213 e. The lowest BCUT2D eigenvalue weighted by molar-refractivity contribution is 0.478. The molecule has 0 bridgehead atoms. The minimum absolute atomic E-state index is 0.213. The summed E-state index contributed by atoms with van der Waals surface area (Å²) >= 11 is 0. The summed E-state index contributed by atoms with van der Waals surface area (Å²) in [5.41, 5.74) is 2.25. The van der Waals surface area contributed by atoms with E-state index in [0.29, 0.717) is 18.0 Å². The fraction of sp³-hybridized carbons (Fsp3) is 0.308. The molecular formula is C13H15FN2O. The summed E-state index contributed by atoms with van der Waals surface area (Å²) in [4.78, 5) is 4.25. The van der Waals surface area contributed by atoms with Crippen molar-refractivity contribution in [2.75, 3.05) is 5.32 Å². The van der Waals surface area contributed by atoms with Gasteiger partial charge in [-0.2, -0.15) is 0 Å². The Hall–Kier alpha value is -1.84. The molecule has 0 saturated carbocycles. The molecule has 0 radical (unpaired) electrons. The number of nitrogens with zero attached hydrogens (tertiary/aromatic N) is 1. The van der Waals surface area contributed by atoms with Crippen molar-refractivity contribution in [2.45, 2.75) is 27.3 Å². The zero-order valence-electron chi connectivity index (χ0n) is 10.2. The highest BCUT2D eigenvalue weighted by atomic mass is 19.1. The van der Waals surface area contributed by atoms with Crippen molar-refractivity contribution >= 4 is 5.69 Å². The average molecular weight is 234 g/mol. The highest BCUT2D eigenvalue weighted by molar-refractivity contribution is 5.50. The molecule has 0 amide bonds. The predicted molar refractivity (Wildman–Crippen MR) is 64.4 cm³/mol. The Labute approximate surface area is 99.7 Å². The average Bonchev–Trinajstić information content (AvgIpc) is 2.61. The zero-order valence-corrected chi connectivity index (χ0v) is 10.2. The lowest BCUT2D eigenvalue weighted by Gasteiger charge is -2.07. The van der Waals surface area contributed by atoms with Gasteiger partial charge in [-0.15, -0.1) is 0 Å². The topological polar surface area (TPSA) is 38.1 Å². The molecule has 1 aromatic carbocycles. The molecule has 1 heterocycles. The molecule has 2 aromatic rings. The number of oxazole rings is 1. The van der Waals surface area contributed by atoms with E-state index in [4.69, 9.17) is 4.42 Å². The smallest absolute Gasteiger partial charge is 0.213 e. The molecule has 0 atom stereocenters. The second-order valence-electron chi connectivity index (χ2n) is 4.02. The molecule has 0 aliphatic rings. The molecular weight excluding hydrogens is 219 g/mol. The summed E-state index contributed by atoms with van der Waals surface area (Å²) in [5, 5.41) is 3.11. The fourth-order valence-electron chi connectivity index (χ4n) is 1.58. The van der Waals surface area contributed by atoms with Gasteiger partial charge >= 0.3 is 0 Å². The van der Waals surface area contributed by atoms with Gasteiger partial charge in [-0.05, 0) is 32.9 Å². The summed E-state index contributed by atoms with van der Waals surface area (Å²) in [6.45, 7) is 5.97. The normalized spacial score (nSPS) is 10.6. The summed E-state index contributed by atoms with van der Waals surface area (Å²) < 4.78 is 18.7. The minimum Gasteiger partial charge on any atom is -0.444 e. The van der Waals surface area contributed by atoms with E-state index in [1.165, 1.54) is 6.07 Å². The van der Waals surface area contributed by atoms with E-state index in [0.717, 1.165) is 17.1 Å². The van der Waals surface area contributed by atoms with Gasteiger partial charge in [0.2, 0.25) is 5.89 Å². The van der Waals surface area contributed by atoms with E-state index in [2.05, 4.69) is 10.3 Å². The van der Waals surface area contributed by atoms with E-state index in [9.17, 15) is 4.39 Å². The summed E-state index contributed by atoms with van der Waals surface area (Å²) in [6.07, 6.45) is 0. The molecule has 3 nitrogen and oxygen atoms in total. The molecule has 4 heteroatoms. The Morgan fingerprint density at radius 2 is 2.06 bits per heavy atom. The van der Waals surface area contributed by atoms with Crippen LogP contribution in [0.4, 0.5) is 10.1 Å². The first-order chi connectivity index (χ1) is 8.08. The van der Waals surface area contributed by atoms with Crippen LogP contribution in [0.5, 0.6) is 0 Å². The van der Waals surface area contributed by atoms with Crippen LogP contribution in [0.25, 0.3) is 0 Å². The molecule has 0 aliphatic carbocycles. The van der Waals surface area contributed by atoms with Crippen molar-refractivity contribution < 1.29 is 8.81 Å². The van der Waals surface area contributed by atoms with Crippen molar-refractivity contribution in [3.63, 3.8) is 0 Å². The molecule has 1 N–H and O–H groups in total. The van der Waals surface area contributed by atoms with Crippen molar-refractivity contribution in [3.8, 4) is 0 Å². The highest BCUT2D eigenvalue weighted by Gasteiger charge is 2.07. The summed E-state index contributed by atoms with van der Waals surface area (Å²) in [5.74, 6) is 1.22. The monoisotopic (exact) mass is 234 g/mol. The fourth-order valence-corrected chi connectivity index (χ4v) is 1.58. The molecule has 0 spiro atoms. The van der Waals surface area contributed by atoms with Crippen molar-refractivity contribution in [1.29, 1.82) is 0 Å². The quantitative estimate of drug-likeness (QED) is 0.885. The molecule has 0 saturated heterocycles. The number of hydrogen-bond donors (Lipinski definition) is 1. The van der Waals surface area contributed by atoms with Crippen LogP contribution in [0.2, 0.25) is 0 Å². The number of halogens is 1. The highest BCUT2D eigenvalue weighted by Crippen LogP contribution is 2.18. The van der Waals surface area contributed by atoms with Crippen LogP contribution >= 0.6 is 0 Å². The molecule has 0 fully saturated rings. The van der Waals surface area contributed by atoms with Crippen molar-refractivity contribution in [3.05, 3.63) is 46.9 Å². The number of anilines is 1. The van der Waals surface area contributed by atoms with Crippen molar-refractivity contribution in [1.82, 2.24) is 4.98 Å². The van der Waals surface area contributed by atoms with Gasteiger partial charge in [-0.25, -0.2) is 9.37 Å². The largest absolute Gasteiger partial charge is 0.444 e. The van der Waals surface area contributed by atoms with Gasteiger partial charge in [0.15, 0.2) is 0 Å². The Morgan fingerprint density at radius 3 is 2.71 bits per heavy atom. The number of aryl methyl sites for hydroxylation is 2. The van der Waals surface area contributed by atoms with Crippen LogP contribution < -0.4 is 5.32 Å². The van der Waals surface area contributed by atoms with E-state index in [1.54, 1.807) is 13.0 Å². The zero-order chi connectivity index (χ0) is 12.4. The number of rotatable bonds is 3. The molecule has 2 rings (SSSR count). The SMILES string of the molecule is Cc1nc(CNc2cccc(F)c2C)oc1C. The van der Waals surface area contributed by atoms with E-state index in [-0.39, 0.29) is 5.82 Å². The van der Waals surface area contributed by atoms with Gasteiger partial charge in [0.25, 0.3) is 0 Å². The van der Waals surface area contributed by atoms with Crippen molar-refractivity contribution in [2.24, 2.45) is 0 Å². The summed E-state index contributed by atoms with van der Waals surface area (Å²) in [7, 11) is 0. The predicted octanol–water partition coefficient (Wildman–Crippen LogP) is 3.35. The van der Waals surface area contributed by atoms with Gasteiger partial charge in [-0.1, -0.05) is 6.07 Å². The second kappa shape index (κ2) is 4.57. The number of benzene rings is 1. The van der Waals surface area contributed by atoms with Crippen LogP contribution in [0.3, 0.4) is 0 Å². The number of aromatic nitrogens is 1. The van der Waals surface area contributed by atoms with E-state index >= 15 is 0 Å². The second-order valence-corrected chi connectivity index (χ2v) is 4.02. The Morgan fingerprint density at radius 1 is 1.29 bits per heavy atom. The maximum atomic E-state index is 13.3. The Kier molecular flexibility index (Phi) is 3.13. The van der Waals surface area contributed by atoms with Crippen LogP contribution in [0.1, 0.15) is 22.9 Å². The summed E-state index contributed by atoms with van der Waals surface area (Å²) in [6, 6.07) is 4.96.